The van der Waals surface area contributed by atoms with Crippen LogP contribution in [0.25, 0.3) is 0 Å². The average Bonchev–Trinajstić information content (AvgIpc) is 2.62. The van der Waals surface area contributed by atoms with Crippen molar-refractivity contribution in [2.75, 3.05) is 13.2 Å². The van der Waals surface area contributed by atoms with Crippen molar-refractivity contribution in [1.29, 1.82) is 0 Å². The number of rotatable bonds is 5. The van der Waals surface area contributed by atoms with Gasteiger partial charge in [-0.2, -0.15) is 0 Å². The molecule has 0 aliphatic carbocycles. The second-order valence-corrected chi connectivity index (χ2v) is 5.60. The first-order valence-corrected chi connectivity index (χ1v) is 7.24. The lowest BCUT2D eigenvalue weighted by atomic mass is 10.00. The van der Waals surface area contributed by atoms with Gasteiger partial charge in [-0.25, -0.2) is 0 Å². The monoisotopic (exact) mass is 264 g/mol. The Balaban J connectivity index is 1.98. The van der Waals surface area contributed by atoms with Crippen molar-refractivity contribution in [3.8, 4) is 11.5 Å². The molecule has 1 aromatic carbocycles. The summed E-state index contributed by atoms with van der Waals surface area (Å²) in [5.74, 6) is 2.24. The summed E-state index contributed by atoms with van der Waals surface area (Å²) in [6.07, 6.45) is 3.50. The molecule has 0 bridgehead atoms. The van der Waals surface area contributed by atoms with Crippen molar-refractivity contribution < 1.29 is 14.6 Å². The van der Waals surface area contributed by atoms with E-state index in [2.05, 4.69) is 13.8 Å². The van der Waals surface area contributed by atoms with E-state index < -0.39 is 6.10 Å². The predicted molar refractivity (Wildman–Crippen MR) is 75.7 cm³/mol. The molecule has 1 aromatic rings. The number of benzene rings is 1. The molecule has 1 aliphatic rings. The van der Waals surface area contributed by atoms with Gasteiger partial charge in [0, 0.05) is 6.42 Å². The summed E-state index contributed by atoms with van der Waals surface area (Å²) >= 11 is 0. The summed E-state index contributed by atoms with van der Waals surface area (Å²) in [5.41, 5.74) is 0.924. The maximum Gasteiger partial charge on any atom is 0.161 e. The largest absolute Gasteiger partial charge is 0.490 e. The third kappa shape index (κ3) is 4.13. The van der Waals surface area contributed by atoms with Gasteiger partial charge < -0.3 is 14.6 Å². The minimum Gasteiger partial charge on any atom is -0.490 e. The summed E-state index contributed by atoms with van der Waals surface area (Å²) in [5, 5.41) is 10.2. The Morgan fingerprint density at radius 3 is 2.58 bits per heavy atom. The maximum atomic E-state index is 10.2. The minimum atomic E-state index is -0.407. The van der Waals surface area contributed by atoms with Crippen LogP contribution in [-0.4, -0.2) is 18.3 Å². The molecule has 19 heavy (non-hydrogen) atoms. The lowest BCUT2D eigenvalue weighted by Crippen LogP contribution is -2.00. The van der Waals surface area contributed by atoms with Crippen LogP contribution >= 0.6 is 0 Å². The highest BCUT2D eigenvalue weighted by Crippen LogP contribution is 2.33. The molecule has 2 rings (SSSR count). The van der Waals surface area contributed by atoms with E-state index in [0.717, 1.165) is 42.7 Å². The molecule has 1 atom stereocenters. The van der Waals surface area contributed by atoms with Gasteiger partial charge in [0.1, 0.15) is 0 Å². The second kappa shape index (κ2) is 6.80. The van der Waals surface area contributed by atoms with Crippen LogP contribution in [0.15, 0.2) is 18.2 Å². The molecule has 0 amide bonds. The normalized spacial score (nSPS) is 16.2. The first kappa shape index (κ1) is 14.2. The van der Waals surface area contributed by atoms with Crippen molar-refractivity contribution in [3.05, 3.63) is 23.8 Å². The highest BCUT2D eigenvalue weighted by atomic mass is 16.5. The van der Waals surface area contributed by atoms with Crippen LogP contribution in [-0.2, 0) is 0 Å². The molecular weight excluding hydrogens is 240 g/mol. The smallest absolute Gasteiger partial charge is 0.161 e. The van der Waals surface area contributed by atoms with Crippen LogP contribution in [0.3, 0.4) is 0 Å². The number of hydrogen-bond acceptors (Lipinski definition) is 3. The highest BCUT2D eigenvalue weighted by molar-refractivity contribution is 5.44. The Labute approximate surface area is 115 Å². The van der Waals surface area contributed by atoms with Gasteiger partial charge >= 0.3 is 0 Å². The molecule has 1 heterocycles. The topological polar surface area (TPSA) is 38.7 Å². The van der Waals surface area contributed by atoms with E-state index in [1.54, 1.807) is 0 Å². The molecule has 3 heteroatoms. The SMILES string of the molecule is CC(C)CCCC(O)c1ccc2c(c1)OCCCO2. The van der Waals surface area contributed by atoms with Crippen molar-refractivity contribution in [3.63, 3.8) is 0 Å². The third-order valence-electron chi connectivity index (χ3n) is 3.42. The maximum absolute atomic E-state index is 10.2. The van der Waals surface area contributed by atoms with Crippen LogP contribution in [0.4, 0.5) is 0 Å². The summed E-state index contributed by atoms with van der Waals surface area (Å²) in [7, 11) is 0. The lowest BCUT2D eigenvalue weighted by molar-refractivity contribution is 0.161. The molecule has 106 valence electrons. The van der Waals surface area contributed by atoms with E-state index in [1.165, 1.54) is 0 Å². The van der Waals surface area contributed by atoms with Gasteiger partial charge in [-0.05, 0) is 30.0 Å². The molecule has 0 spiro atoms. The quantitative estimate of drug-likeness (QED) is 0.881. The van der Waals surface area contributed by atoms with E-state index in [9.17, 15) is 5.11 Å². The highest BCUT2D eigenvalue weighted by Gasteiger charge is 2.14. The van der Waals surface area contributed by atoms with Gasteiger partial charge in [-0.1, -0.05) is 32.8 Å². The minimum absolute atomic E-state index is 0.407. The number of fused-ring (bicyclic) bond motifs is 1. The molecule has 3 nitrogen and oxygen atoms in total. The lowest BCUT2D eigenvalue weighted by Gasteiger charge is -2.14. The zero-order valence-electron chi connectivity index (χ0n) is 11.9. The van der Waals surface area contributed by atoms with Crippen LogP contribution < -0.4 is 9.47 Å². The zero-order valence-corrected chi connectivity index (χ0v) is 11.9. The first-order chi connectivity index (χ1) is 9.16. The fraction of sp³-hybridized carbons (Fsp3) is 0.625. The summed E-state index contributed by atoms with van der Waals surface area (Å²) in [6, 6.07) is 5.76. The van der Waals surface area contributed by atoms with Crippen molar-refractivity contribution in [1.82, 2.24) is 0 Å². The second-order valence-electron chi connectivity index (χ2n) is 5.60. The Kier molecular flexibility index (Phi) is 5.08. The summed E-state index contributed by atoms with van der Waals surface area (Å²) < 4.78 is 11.2. The molecule has 0 aromatic heterocycles. The molecule has 1 N–H and O–H groups in total. The number of aliphatic hydroxyl groups excluding tert-OH is 1. The van der Waals surface area contributed by atoms with Crippen LogP contribution in [0.5, 0.6) is 11.5 Å². The van der Waals surface area contributed by atoms with E-state index in [0.29, 0.717) is 19.1 Å². The molecule has 1 aliphatic heterocycles. The van der Waals surface area contributed by atoms with Gasteiger partial charge in [-0.3, -0.25) is 0 Å². The Hall–Kier alpha value is -1.22. The Bertz CT molecular complexity index is 401. The van der Waals surface area contributed by atoms with Crippen molar-refractivity contribution in [2.45, 2.75) is 45.6 Å². The zero-order chi connectivity index (χ0) is 13.7. The van der Waals surface area contributed by atoms with E-state index >= 15 is 0 Å². The summed E-state index contributed by atoms with van der Waals surface area (Å²) in [6.45, 7) is 5.79. The fourth-order valence-electron chi connectivity index (χ4n) is 2.27. The number of aliphatic hydroxyl groups is 1. The molecule has 1 unspecified atom stereocenters. The standard InChI is InChI=1S/C16H24O3/c1-12(2)5-3-6-14(17)13-7-8-15-16(11-13)19-10-4-9-18-15/h7-8,11-12,14,17H,3-6,9-10H2,1-2H3. The first-order valence-electron chi connectivity index (χ1n) is 7.24. The van der Waals surface area contributed by atoms with Crippen LogP contribution in [0, 0.1) is 5.92 Å². The van der Waals surface area contributed by atoms with Gasteiger partial charge in [0.05, 0.1) is 19.3 Å². The number of ether oxygens (including phenoxy) is 2. The number of hydrogen-bond donors (Lipinski definition) is 1. The third-order valence-corrected chi connectivity index (χ3v) is 3.42. The van der Waals surface area contributed by atoms with Gasteiger partial charge in [0.15, 0.2) is 11.5 Å². The summed E-state index contributed by atoms with van der Waals surface area (Å²) in [4.78, 5) is 0. The van der Waals surface area contributed by atoms with E-state index in [1.807, 2.05) is 18.2 Å². The Morgan fingerprint density at radius 1 is 1.11 bits per heavy atom. The van der Waals surface area contributed by atoms with Gasteiger partial charge in [-0.15, -0.1) is 0 Å². The van der Waals surface area contributed by atoms with E-state index in [-0.39, 0.29) is 0 Å². The predicted octanol–water partition coefficient (Wildman–Crippen LogP) is 3.71. The van der Waals surface area contributed by atoms with Crippen molar-refractivity contribution >= 4 is 0 Å². The van der Waals surface area contributed by atoms with Gasteiger partial charge in [0.2, 0.25) is 0 Å². The molecule has 0 fully saturated rings. The molecule has 0 radical (unpaired) electrons. The molecular formula is C16H24O3. The fourth-order valence-corrected chi connectivity index (χ4v) is 2.27. The average molecular weight is 264 g/mol. The molecule has 0 saturated heterocycles. The van der Waals surface area contributed by atoms with E-state index in [4.69, 9.17) is 9.47 Å². The van der Waals surface area contributed by atoms with Crippen molar-refractivity contribution in [2.24, 2.45) is 5.92 Å². The Morgan fingerprint density at radius 2 is 1.84 bits per heavy atom. The van der Waals surface area contributed by atoms with Crippen LogP contribution in [0.2, 0.25) is 0 Å². The molecule has 0 saturated carbocycles. The van der Waals surface area contributed by atoms with Crippen LogP contribution in [0.1, 0.15) is 51.2 Å². The van der Waals surface area contributed by atoms with Gasteiger partial charge in [0.25, 0.3) is 0 Å².